The van der Waals surface area contributed by atoms with Gasteiger partial charge in [0.05, 0.1) is 4.90 Å². The van der Waals surface area contributed by atoms with E-state index in [-0.39, 0.29) is 17.9 Å². The van der Waals surface area contributed by atoms with Crippen molar-refractivity contribution in [1.82, 2.24) is 9.62 Å². The Kier molecular flexibility index (Phi) is 5.62. The topological polar surface area (TPSA) is 95.6 Å². The summed E-state index contributed by atoms with van der Waals surface area (Å²) in [5.41, 5.74) is 3.29. The summed E-state index contributed by atoms with van der Waals surface area (Å²) in [6.45, 7) is 2.66. The Morgan fingerprint density at radius 3 is 2.47 bits per heavy atom. The van der Waals surface area contributed by atoms with Gasteiger partial charge in [-0.1, -0.05) is 17.7 Å². The van der Waals surface area contributed by atoms with Gasteiger partial charge in [0.15, 0.2) is 0 Å². The SMILES string of the molecule is Cc1ccc(S(=O)(=O)N2CCC(NC(=O)c3ccc4c(c3)CCC(=O)N4)CC2)cc1. The summed E-state index contributed by atoms with van der Waals surface area (Å²) in [5.74, 6) is -0.179. The second-order valence-corrected chi connectivity index (χ2v) is 9.82. The second-order valence-electron chi connectivity index (χ2n) is 7.88. The van der Waals surface area contributed by atoms with Crippen molar-refractivity contribution in [2.24, 2.45) is 0 Å². The molecule has 2 amide bonds. The molecule has 2 N–H and O–H groups in total. The van der Waals surface area contributed by atoms with Gasteiger partial charge in [-0.25, -0.2) is 8.42 Å². The first kappa shape index (κ1) is 20.6. The third kappa shape index (κ3) is 4.24. The van der Waals surface area contributed by atoms with Crippen LogP contribution in [0.2, 0.25) is 0 Å². The lowest BCUT2D eigenvalue weighted by molar-refractivity contribution is -0.116. The van der Waals surface area contributed by atoms with Crippen LogP contribution in [0.5, 0.6) is 0 Å². The molecule has 158 valence electrons. The third-order valence-electron chi connectivity index (χ3n) is 5.71. The van der Waals surface area contributed by atoms with Gasteiger partial charge in [-0.15, -0.1) is 0 Å². The Balaban J connectivity index is 1.36. The summed E-state index contributed by atoms with van der Waals surface area (Å²) in [5, 5.41) is 5.83. The maximum absolute atomic E-state index is 12.8. The number of amides is 2. The second kappa shape index (κ2) is 8.20. The number of piperidine rings is 1. The van der Waals surface area contributed by atoms with Gasteiger partial charge in [0.2, 0.25) is 15.9 Å². The van der Waals surface area contributed by atoms with E-state index in [1.54, 1.807) is 36.4 Å². The number of rotatable bonds is 4. The van der Waals surface area contributed by atoms with Crippen LogP contribution in [0, 0.1) is 6.92 Å². The average Bonchev–Trinajstić information content (AvgIpc) is 2.74. The summed E-state index contributed by atoms with van der Waals surface area (Å²) >= 11 is 0. The molecule has 2 aromatic rings. The lowest BCUT2D eigenvalue weighted by Crippen LogP contribution is -2.46. The van der Waals surface area contributed by atoms with Gasteiger partial charge in [0.1, 0.15) is 0 Å². The smallest absolute Gasteiger partial charge is 0.251 e. The Morgan fingerprint density at radius 2 is 1.77 bits per heavy atom. The minimum absolute atomic E-state index is 0.00736. The predicted octanol–water partition coefficient (Wildman–Crippen LogP) is 2.46. The minimum Gasteiger partial charge on any atom is -0.349 e. The molecule has 0 bridgehead atoms. The Labute approximate surface area is 176 Å². The van der Waals surface area contributed by atoms with Gasteiger partial charge in [0.25, 0.3) is 5.91 Å². The van der Waals surface area contributed by atoms with E-state index in [4.69, 9.17) is 0 Å². The van der Waals surface area contributed by atoms with Crippen LogP contribution in [0.15, 0.2) is 47.4 Å². The molecule has 0 radical (unpaired) electrons. The standard InChI is InChI=1S/C22H25N3O4S/c1-15-2-6-19(7-3-15)30(28,29)25-12-10-18(11-13-25)23-22(27)17-4-8-20-16(14-17)5-9-21(26)24-20/h2-4,6-8,14,18H,5,9-13H2,1H3,(H,23,27)(H,24,26). The number of carbonyl (C=O) groups is 2. The molecule has 30 heavy (non-hydrogen) atoms. The first-order chi connectivity index (χ1) is 14.3. The maximum atomic E-state index is 12.8. The molecule has 0 aromatic heterocycles. The van der Waals surface area contributed by atoms with Crippen molar-refractivity contribution in [1.29, 1.82) is 0 Å². The van der Waals surface area contributed by atoms with Gasteiger partial charge in [-0.2, -0.15) is 4.31 Å². The van der Waals surface area contributed by atoms with Crippen LogP contribution >= 0.6 is 0 Å². The average molecular weight is 428 g/mol. The number of anilines is 1. The predicted molar refractivity (Wildman–Crippen MR) is 114 cm³/mol. The fourth-order valence-corrected chi connectivity index (χ4v) is 5.36. The molecule has 4 rings (SSSR count). The Morgan fingerprint density at radius 1 is 1.07 bits per heavy atom. The zero-order valence-corrected chi connectivity index (χ0v) is 17.7. The highest BCUT2D eigenvalue weighted by Crippen LogP contribution is 2.24. The van der Waals surface area contributed by atoms with Gasteiger partial charge in [-0.05, 0) is 62.1 Å². The van der Waals surface area contributed by atoms with E-state index >= 15 is 0 Å². The Bertz CT molecular complexity index is 1070. The summed E-state index contributed by atoms with van der Waals surface area (Å²) in [6, 6.07) is 12.1. The van der Waals surface area contributed by atoms with Crippen molar-refractivity contribution in [3.8, 4) is 0 Å². The summed E-state index contributed by atoms with van der Waals surface area (Å²) in [6.07, 6.45) is 2.18. The number of benzene rings is 2. The van der Waals surface area contributed by atoms with Crippen molar-refractivity contribution in [3.05, 3.63) is 59.2 Å². The van der Waals surface area contributed by atoms with Gasteiger partial charge in [-0.3, -0.25) is 9.59 Å². The van der Waals surface area contributed by atoms with Crippen LogP contribution < -0.4 is 10.6 Å². The van der Waals surface area contributed by atoms with Crippen LogP contribution in [0.4, 0.5) is 5.69 Å². The monoisotopic (exact) mass is 427 g/mol. The first-order valence-electron chi connectivity index (χ1n) is 10.1. The molecule has 0 saturated carbocycles. The van der Waals surface area contributed by atoms with Crippen molar-refractivity contribution in [2.45, 2.75) is 43.5 Å². The molecule has 0 spiro atoms. The highest BCUT2D eigenvalue weighted by atomic mass is 32.2. The summed E-state index contributed by atoms with van der Waals surface area (Å²) in [4.78, 5) is 24.4. The van der Waals surface area contributed by atoms with Crippen LogP contribution in [-0.4, -0.2) is 43.7 Å². The number of carbonyl (C=O) groups excluding carboxylic acids is 2. The molecule has 8 heteroatoms. The summed E-state index contributed by atoms with van der Waals surface area (Å²) < 4.78 is 27.1. The lowest BCUT2D eigenvalue weighted by atomic mass is 9.99. The van der Waals surface area contributed by atoms with Gasteiger partial charge >= 0.3 is 0 Å². The number of hydrogen-bond donors (Lipinski definition) is 2. The normalized spacial score (nSPS) is 17.8. The van der Waals surface area contributed by atoms with E-state index in [1.807, 2.05) is 13.0 Å². The van der Waals surface area contributed by atoms with E-state index < -0.39 is 10.0 Å². The number of hydrogen-bond acceptors (Lipinski definition) is 4. The number of sulfonamides is 1. The molecule has 2 aromatic carbocycles. The Hall–Kier alpha value is -2.71. The van der Waals surface area contributed by atoms with Crippen molar-refractivity contribution < 1.29 is 18.0 Å². The summed E-state index contributed by atoms with van der Waals surface area (Å²) in [7, 11) is -3.51. The van der Waals surface area contributed by atoms with E-state index in [2.05, 4.69) is 10.6 Å². The molecule has 0 unspecified atom stereocenters. The van der Waals surface area contributed by atoms with Crippen molar-refractivity contribution in [3.63, 3.8) is 0 Å². The van der Waals surface area contributed by atoms with Crippen molar-refractivity contribution >= 4 is 27.5 Å². The maximum Gasteiger partial charge on any atom is 0.251 e. The van der Waals surface area contributed by atoms with Crippen molar-refractivity contribution in [2.75, 3.05) is 18.4 Å². The molecule has 0 aliphatic carbocycles. The van der Waals surface area contributed by atoms with E-state index in [0.717, 1.165) is 16.8 Å². The molecule has 1 fully saturated rings. The molecule has 2 aliphatic rings. The molecule has 1 saturated heterocycles. The highest BCUT2D eigenvalue weighted by Gasteiger charge is 2.30. The largest absolute Gasteiger partial charge is 0.349 e. The van der Waals surface area contributed by atoms with Crippen LogP contribution in [0.1, 0.15) is 40.7 Å². The molecule has 2 heterocycles. The first-order valence-corrected chi connectivity index (χ1v) is 11.6. The fourth-order valence-electron chi connectivity index (χ4n) is 3.89. The quantitative estimate of drug-likeness (QED) is 0.784. The van der Waals surface area contributed by atoms with Gasteiger partial charge < -0.3 is 10.6 Å². The third-order valence-corrected chi connectivity index (χ3v) is 7.62. The van der Waals surface area contributed by atoms with Crippen LogP contribution in [0.3, 0.4) is 0 Å². The minimum atomic E-state index is -3.51. The van der Waals surface area contributed by atoms with Gasteiger partial charge in [0, 0.05) is 36.8 Å². The number of aryl methyl sites for hydroxylation is 2. The highest BCUT2D eigenvalue weighted by molar-refractivity contribution is 7.89. The lowest BCUT2D eigenvalue weighted by Gasteiger charge is -2.31. The number of nitrogens with one attached hydrogen (secondary N) is 2. The zero-order chi connectivity index (χ0) is 21.3. The number of fused-ring (bicyclic) bond motifs is 1. The van der Waals surface area contributed by atoms with Crippen LogP contribution in [0.25, 0.3) is 0 Å². The molecule has 7 nitrogen and oxygen atoms in total. The molecule has 0 atom stereocenters. The van der Waals surface area contributed by atoms with E-state index in [9.17, 15) is 18.0 Å². The van der Waals surface area contributed by atoms with E-state index in [0.29, 0.717) is 49.2 Å². The molecular weight excluding hydrogens is 402 g/mol. The zero-order valence-electron chi connectivity index (χ0n) is 16.8. The molecular formula is C22H25N3O4S. The number of nitrogens with zero attached hydrogens (tertiary/aromatic N) is 1. The molecule has 2 aliphatic heterocycles. The van der Waals surface area contributed by atoms with E-state index in [1.165, 1.54) is 4.31 Å². The fraction of sp³-hybridized carbons (Fsp3) is 0.364. The van der Waals surface area contributed by atoms with Crippen LogP contribution in [-0.2, 0) is 21.2 Å².